The summed E-state index contributed by atoms with van der Waals surface area (Å²) in [7, 11) is 0. The number of hydrogen-bond acceptors (Lipinski definition) is 4. The average molecular weight is 340 g/mol. The van der Waals surface area contributed by atoms with Gasteiger partial charge in [-0.25, -0.2) is 0 Å². The zero-order chi connectivity index (χ0) is 18.1. The highest BCUT2D eigenvalue weighted by Crippen LogP contribution is 2.36. The van der Waals surface area contributed by atoms with E-state index in [9.17, 15) is 15.0 Å². The molecule has 25 heavy (non-hydrogen) atoms. The molecule has 0 bridgehead atoms. The van der Waals surface area contributed by atoms with Crippen molar-refractivity contribution in [3.8, 4) is 5.88 Å². The van der Waals surface area contributed by atoms with Gasteiger partial charge in [-0.15, -0.1) is 0 Å². The molecule has 0 atom stereocenters. The molecule has 1 aromatic heterocycles. The van der Waals surface area contributed by atoms with Crippen LogP contribution in [-0.2, 0) is 11.5 Å². The number of aliphatic carboxylic acids is 1. The molecule has 0 saturated carbocycles. The normalized spacial score (nSPS) is 16.1. The topological polar surface area (TPSA) is 95.0 Å². The molecule has 1 aromatic carbocycles. The maximum Gasteiger partial charge on any atom is 0.303 e. The van der Waals surface area contributed by atoms with Gasteiger partial charge >= 0.3 is 5.97 Å². The number of allylic oxidation sites excluding steroid dienone is 2. The molecule has 3 N–H and O–H groups in total. The van der Waals surface area contributed by atoms with Gasteiger partial charge in [-0.2, -0.15) is 0 Å². The number of aromatic hydroxyl groups is 1. The predicted octanol–water partition coefficient (Wildman–Crippen LogP) is 3.29. The van der Waals surface area contributed by atoms with E-state index in [0.717, 1.165) is 27.8 Å². The molecule has 6 heteroatoms. The van der Waals surface area contributed by atoms with Gasteiger partial charge in [-0.05, 0) is 43.6 Å². The van der Waals surface area contributed by atoms with E-state index in [1.807, 2.05) is 38.1 Å². The zero-order valence-electron chi connectivity index (χ0n) is 14.2. The first-order valence-electron chi connectivity index (χ1n) is 8.04. The van der Waals surface area contributed by atoms with E-state index in [-0.39, 0.29) is 19.0 Å². The number of fused-ring (bicyclic) bond motifs is 1. The van der Waals surface area contributed by atoms with E-state index < -0.39 is 5.97 Å². The van der Waals surface area contributed by atoms with Crippen LogP contribution in [0.4, 0.5) is 0 Å². The number of rotatable bonds is 5. The summed E-state index contributed by atoms with van der Waals surface area (Å²) in [4.78, 5) is 15.4. The lowest BCUT2D eigenvalue weighted by atomic mass is 10.0. The summed E-state index contributed by atoms with van der Waals surface area (Å²) in [6.45, 7) is 3.44. The number of aromatic nitrogens is 1. The smallest absolute Gasteiger partial charge is 0.303 e. The molecule has 0 amide bonds. The van der Waals surface area contributed by atoms with Crippen molar-refractivity contribution < 1.29 is 20.1 Å². The number of hydrogen-bond donors (Lipinski definition) is 3. The lowest BCUT2D eigenvalue weighted by molar-refractivity contribution is -0.136. The zero-order valence-corrected chi connectivity index (χ0v) is 14.2. The summed E-state index contributed by atoms with van der Waals surface area (Å²) in [5.74, 6) is -0.856. The molecule has 0 radical (unpaired) electrons. The Labute approximate surface area is 145 Å². The number of para-hydroxylation sites is 1. The highest BCUT2D eigenvalue weighted by atomic mass is 16.4. The Morgan fingerprint density at radius 2 is 2.00 bits per heavy atom. The Morgan fingerprint density at radius 3 is 2.68 bits per heavy atom. The molecule has 0 saturated heterocycles. The van der Waals surface area contributed by atoms with Crippen molar-refractivity contribution in [1.29, 1.82) is 0 Å². The van der Waals surface area contributed by atoms with Gasteiger partial charge in [0, 0.05) is 23.1 Å². The fraction of sp³-hybridized carbons (Fsp3) is 0.263. The summed E-state index contributed by atoms with van der Waals surface area (Å²) in [5, 5.41) is 29.7. The molecule has 6 nitrogen and oxygen atoms in total. The molecule has 3 rings (SSSR count). The van der Waals surface area contributed by atoms with Crippen LogP contribution in [0.1, 0.15) is 32.3 Å². The van der Waals surface area contributed by atoms with Crippen molar-refractivity contribution in [2.24, 2.45) is 4.99 Å². The Hall–Kier alpha value is -2.86. The first-order valence-corrected chi connectivity index (χ1v) is 8.04. The van der Waals surface area contributed by atoms with E-state index in [1.165, 1.54) is 4.57 Å². The number of carboxylic acid groups (broad SMARTS) is 1. The first-order chi connectivity index (χ1) is 11.9. The van der Waals surface area contributed by atoms with Gasteiger partial charge in [0.2, 0.25) is 5.88 Å². The Balaban J connectivity index is 2.09. The number of carbonyl (C=O) groups is 1. The van der Waals surface area contributed by atoms with Crippen molar-refractivity contribution in [1.82, 2.24) is 4.57 Å². The average Bonchev–Trinajstić information content (AvgIpc) is 3.00. The van der Waals surface area contributed by atoms with Crippen LogP contribution in [0.25, 0.3) is 17.0 Å². The highest BCUT2D eigenvalue weighted by Gasteiger charge is 2.21. The van der Waals surface area contributed by atoms with Crippen molar-refractivity contribution >= 4 is 28.7 Å². The largest absolute Gasteiger partial charge is 0.494 e. The molecule has 0 spiro atoms. The third kappa shape index (κ3) is 2.96. The maximum atomic E-state index is 10.8. The van der Waals surface area contributed by atoms with Gasteiger partial charge in [0.15, 0.2) is 0 Å². The summed E-state index contributed by atoms with van der Waals surface area (Å²) in [6.07, 6.45) is 2.27. The second-order valence-corrected chi connectivity index (χ2v) is 6.05. The molecule has 0 fully saturated rings. The van der Waals surface area contributed by atoms with Crippen LogP contribution in [0.5, 0.6) is 5.88 Å². The second-order valence-electron chi connectivity index (χ2n) is 6.05. The number of carboxylic acids is 1. The van der Waals surface area contributed by atoms with Gasteiger partial charge in [-0.3, -0.25) is 14.4 Å². The Bertz CT molecular complexity index is 948. The van der Waals surface area contributed by atoms with Crippen molar-refractivity contribution in [3.63, 3.8) is 0 Å². The first kappa shape index (κ1) is 17.0. The minimum Gasteiger partial charge on any atom is -0.494 e. The van der Waals surface area contributed by atoms with Crippen LogP contribution in [0.15, 0.2) is 46.1 Å². The van der Waals surface area contributed by atoms with Gasteiger partial charge in [0.05, 0.1) is 11.2 Å². The van der Waals surface area contributed by atoms with E-state index in [4.69, 9.17) is 5.11 Å². The maximum absolute atomic E-state index is 10.8. The molecule has 1 aliphatic heterocycles. The molecule has 1 aliphatic rings. The van der Waals surface area contributed by atoms with Crippen molar-refractivity contribution in [2.75, 3.05) is 0 Å². The SMILES string of the molecule is CC1=NC(=Cc2c(O)n(CO)c3ccccc23)C(C)=C1CCC(=O)O. The minimum absolute atomic E-state index is 0.0177. The fourth-order valence-electron chi connectivity index (χ4n) is 3.24. The third-order valence-electron chi connectivity index (χ3n) is 4.55. The van der Waals surface area contributed by atoms with Crippen LogP contribution in [-0.4, -0.2) is 31.6 Å². The fourth-order valence-corrected chi connectivity index (χ4v) is 3.24. The standard InChI is InChI=1S/C19H20N2O4/c1-11-13(7-8-18(23)24)12(2)20-16(11)9-15-14-5-3-4-6-17(14)21(10-22)19(15)25/h3-6,9,22,25H,7-8,10H2,1-2H3,(H,23,24). The summed E-state index contributed by atoms with van der Waals surface area (Å²) in [6, 6.07) is 7.43. The van der Waals surface area contributed by atoms with Gasteiger partial charge in [0.1, 0.15) is 6.73 Å². The van der Waals surface area contributed by atoms with Gasteiger partial charge in [0.25, 0.3) is 0 Å². The number of benzene rings is 1. The minimum atomic E-state index is -0.839. The van der Waals surface area contributed by atoms with Crippen LogP contribution < -0.4 is 0 Å². The molecular formula is C19H20N2O4. The van der Waals surface area contributed by atoms with Gasteiger partial charge in [-0.1, -0.05) is 18.2 Å². The quantitative estimate of drug-likeness (QED) is 0.778. The summed E-state index contributed by atoms with van der Waals surface area (Å²) in [5.41, 5.74) is 4.68. The van der Waals surface area contributed by atoms with Gasteiger partial charge < -0.3 is 15.3 Å². The van der Waals surface area contributed by atoms with Crippen molar-refractivity contribution in [2.45, 2.75) is 33.4 Å². The summed E-state index contributed by atoms with van der Waals surface area (Å²) >= 11 is 0. The monoisotopic (exact) mass is 340 g/mol. The molecule has 130 valence electrons. The molecule has 0 aliphatic carbocycles. The second kappa shape index (κ2) is 6.57. The molecular weight excluding hydrogens is 320 g/mol. The van der Waals surface area contributed by atoms with Crippen LogP contribution in [0.3, 0.4) is 0 Å². The van der Waals surface area contributed by atoms with Crippen LogP contribution >= 0.6 is 0 Å². The third-order valence-corrected chi connectivity index (χ3v) is 4.55. The Kier molecular flexibility index (Phi) is 4.46. The number of nitrogens with zero attached hydrogens (tertiary/aromatic N) is 2. The van der Waals surface area contributed by atoms with E-state index >= 15 is 0 Å². The summed E-state index contributed by atoms with van der Waals surface area (Å²) < 4.78 is 1.43. The molecule has 2 aromatic rings. The van der Waals surface area contributed by atoms with Crippen LogP contribution in [0.2, 0.25) is 0 Å². The number of aliphatic hydroxyl groups excluding tert-OH is 1. The number of aliphatic hydroxyl groups is 1. The lowest BCUT2D eigenvalue weighted by Gasteiger charge is -2.03. The predicted molar refractivity (Wildman–Crippen MR) is 96.5 cm³/mol. The number of aliphatic imine (C=N–C) groups is 1. The van der Waals surface area contributed by atoms with E-state index in [1.54, 1.807) is 6.08 Å². The van der Waals surface area contributed by atoms with Crippen molar-refractivity contribution in [3.05, 3.63) is 46.7 Å². The van der Waals surface area contributed by atoms with Crippen LogP contribution in [0, 0.1) is 0 Å². The Morgan fingerprint density at radius 1 is 1.28 bits per heavy atom. The molecule has 2 heterocycles. The van der Waals surface area contributed by atoms with E-state index in [0.29, 0.717) is 17.7 Å². The highest BCUT2D eigenvalue weighted by molar-refractivity contribution is 6.05. The molecule has 0 unspecified atom stereocenters. The lowest BCUT2D eigenvalue weighted by Crippen LogP contribution is -2.00. The van der Waals surface area contributed by atoms with E-state index in [2.05, 4.69) is 4.99 Å².